The summed E-state index contributed by atoms with van der Waals surface area (Å²) in [5.41, 5.74) is 1.69. The second-order valence-corrected chi connectivity index (χ2v) is 9.07. The molecule has 3 heteroatoms. The fraction of sp³-hybridized carbons (Fsp3) is 0.391. The Morgan fingerprint density at radius 1 is 1.12 bits per heavy atom. The van der Waals surface area contributed by atoms with Crippen LogP contribution < -0.4 is 0 Å². The third-order valence-electron chi connectivity index (χ3n) is 6.53. The molecule has 4 heterocycles. The average molecular weight is 363 g/mol. The first-order valence-corrected chi connectivity index (χ1v) is 10.5. The fourth-order valence-corrected chi connectivity index (χ4v) is 6.27. The van der Waals surface area contributed by atoms with Crippen molar-refractivity contribution in [3.05, 3.63) is 71.1 Å². The van der Waals surface area contributed by atoms with E-state index in [-0.39, 0.29) is 5.66 Å². The minimum absolute atomic E-state index is 0.270. The second kappa shape index (κ2) is 6.49. The first kappa shape index (κ1) is 16.5. The van der Waals surface area contributed by atoms with Gasteiger partial charge >= 0.3 is 0 Å². The molecule has 0 saturated carbocycles. The number of hydrogen-bond acceptors (Lipinski definition) is 3. The summed E-state index contributed by atoms with van der Waals surface area (Å²) in [6, 6.07) is 22.1. The molecule has 3 aliphatic rings. The van der Waals surface area contributed by atoms with Crippen molar-refractivity contribution in [3.8, 4) is 0 Å². The van der Waals surface area contributed by atoms with Crippen molar-refractivity contribution in [2.24, 2.45) is 5.92 Å². The van der Waals surface area contributed by atoms with E-state index in [1.807, 2.05) is 11.3 Å². The first-order chi connectivity index (χ1) is 12.8. The molecule has 3 aromatic rings. The topological polar surface area (TPSA) is 6.48 Å². The molecule has 0 aliphatic carbocycles. The molecule has 0 radical (unpaired) electrons. The Balaban J connectivity index is 1.36. The number of benzene rings is 2. The Kier molecular flexibility index (Phi) is 4.11. The molecule has 3 saturated heterocycles. The summed E-state index contributed by atoms with van der Waals surface area (Å²) >= 11 is 1.97. The summed E-state index contributed by atoms with van der Waals surface area (Å²) in [5.74, 6) is 0.839. The van der Waals surface area contributed by atoms with Crippen LogP contribution in [-0.2, 0) is 13.0 Å². The highest BCUT2D eigenvalue weighted by Crippen LogP contribution is 2.50. The van der Waals surface area contributed by atoms with Crippen molar-refractivity contribution >= 4 is 21.4 Å². The minimum atomic E-state index is 0.270. The number of nitrogens with zero attached hydrogens (tertiary/aromatic N) is 2. The maximum absolute atomic E-state index is 2.73. The van der Waals surface area contributed by atoms with Gasteiger partial charge in [0.05, 0.1) is 5.66 Å². The molecule has 2 bridgehead atoms. The van der Waals surface area contributed by atoms with Crippen molar-refractivity contribution in [2.75, 3.05) is 20.1 Å². The van der Waals surface area contributed by atoms with Crippen LogP contribution >= 0.6 is 11.3 Å². The van der Waals surface area contributed by atoms with Gasteiger partial charge in [-0.3, -0.25) is 9.80 Å². The average Bonchev–Trinajstić information content (AvgIpc) is 3.37. The van der Waals surface area contributed by atoms with Gasteiger partial charge in [-0.2, -0.15) is 0 Å². The molecule has 3 aliphatic heterocycles. The van der Waals surface area contributed by atoms with Crippen LogP contribution in [0.1, 0.15) is 23.3 Å². The number of thiophene rings is 1. The van der Waals surface area contributed by atoms with E-state index in [1.165, 1.54) is 52.9 Å². The lowest BCUT2D eigenvalue weighted by molar-refractivity contribution is -0.134. The maximum atomic E-state index is 2.73. The van der Waals surface area contributed by atoms with Crippen molar-refractivity contribution in [2.45, 2.75) is 31.5 Å². The van der Waals surface area contributed by atoms with Gasteiger partial charge in [-0.15, -0.1) is 11.3 Å². The molecule has 26 heavy (non-hydrogen) atoms. The molecule has 3 fully saturated rings. The monoisotopic (exact) mass is 362 g/mol. The fourth-order valence-electron chi connectivity index (χ4n) is 5.20. The van der Waals surface area contributed by atoms with E-state index in [0.717, 1.165) is 12.5 Å². The summed E-state index contributed by atoms with van der Waals surface area (Å²) in [7, 11) is 2.34. The highest BCUT2D eigenvalue weighted by Gasteiger charge is 2.59. The standard InChI is InChI=1S/C23H26N2S/c1-24(16-18-7-3-2-4-8-18)23(20-12-14-25(23)17-20)13-11-21-15-19-9-5-6-10-22(19)26-21/h2-10,15,20H,11-14,16-17H2,1H3. The smallest absolute Gasteiger partial charge is 0.0783 e. The van der Waals surface area contributed by atoms with Gasteiger partial charge in [0.25, 0.3) is 0 Å². The van der Waals surface area contributed by atoms with Gasteiger partial charge in [-0.1, -0.05) is 48.5 Å². The predicted octanol–water partition coefficient (Wildman–Crippen LogP) is 5.00. The van der Waals surface area contributed by atoms with Crippen molar-refractivity contribution in [1.29, 1.82) is 0 Å². The number of rotatable bonds is 6. The van der Waals surface area contributed by atoms with E-state index < -0.39 is 0 Å². The van der Waals surface area contributed by atoms with Crippen LogP contribution in [0.3, 0.4) is 0 Å². The summed E-state index contributed by atoms with van der Waals surface area (Å²) in [4.78, 5) is 6.90. The lowest BCUT2D eigenvalue weighted by atomic mass is 9.80. The van der Waals surface area contributed by atoms with Crippen LogP contribution in [0.25, 0.3) is 10.1 Å². The van der Waals surface area contributed by atoms with Gasteiger partial charge in [0, 0.05) is 35.1 Å². The zero-order valence-electron chi connectivity index (χ0n) is 15.4. The predicted molar refractivity (Wildman–Crippen MR) is 110 cm³/mol. The van der Waals surface area contributed by atoms with E-state index >= 15 is 0 Å². The molecule has 2 aromatic carbocycles. The molecule has 3 atom stereocenters. The molecular formula is C23H26N2S. The number of fused-ring (bicyclic) bond motifs is 2. The van der Waals surface area contributed by atoms with Crippen LogP contribution in [0.5, 0.6) is 0 Å². The second-order valence-electron chi connectivity index (χ2n) is 7.90. The number of aryl methyl sites for hydroxylation is 1. The third-order valence-corrected chi connectivity index (χ3v) is 7.71. The Hall–Kier alpha value is -1.68. The van der Waals surface area contributed by atoms with Crippen LogP contribution in [0.15, 0.2) is 60.7 Å². The molecule has 0 amide bonds. The normalized spacial score (nSPS) is 27.2. The molecule has 3 unspecified atom stereocenters. The minimum Gasteiger partial charge on any atom is -0.285 e. The van der Waals surface area contributed by atoms with E-state index in [9.17, 15) is 0 Å². The van der Waals surface area contributed by atoms with Gasteiger partial charge < -0.3 is 0 Å². The van der Waals surface area contributed by atoms with Crippen molar-refractivity contribution < 1.29 is 0 Å². The van der Waals surface area contributed by atoms with Crippen LogP contribution in [0.2, 0.25) is 0 Å². The van der Waals surface area contributed by atoms with Crippen LogP contribution in [0.4, 0.5) is 0 Å². The zero-order chi connectivity index (χ0) is 17.6. The molecule has 1 aromatic heterocycles. The van der Waals surface area contributed by atoms with Crippen LogP contribution in [0, 0.1) is 5.92 Å². The Morgan fingerprint density at radius 2 is 1.92 bits per heavy atom. The highest BCUT2D eigenvalue weighted by atomic mass is 32.1. The van der Waals surface area contributed by atoms with Crippen LogP contribution in [-0.4, -0.2) is 35.6 Å². The molecular weight excluding hydrogens is 336 g/mol. The van der Waals surface area contributed by atoms with Gasteiger partial charge in [0.15, 0.2) is 0 Å². The molecule has 134 valence electrons. The zero-order valence-corrected chi connectivity index (χ0v) is 16.2. The Labute approximate surface area is 160 Å². The lowest BCUT2D eigenvalue weighted by Crippen LogP contribution is -2.69. The number of hydrogen-bond donors (Lipinski definition) is 0. The molecule has 0 spiro atoms. The quantitative estimate of drug-likeness (QED) is 0.609. The Morgan fingerprint density at radius 3 is 2.65 bits per heavy atom. The van der Waals surface area contributed by atoms with E-state index in [2.05, 4.69) is 77.5 Å². The maximum Gasteiger partial charge on any atom is 0.0783 e. The largest absolute Gasteiger partial charge is 0.285 e. The lowest BCUT2D eigenvalue weighted by Gasteiger charge is -2.57. The third kappa shape index (κ3) is 2.61. The first-order valence-electron chi connectivity index (χ1n) is 9.73. The molecule has 0 N–H and O–H groups in total. The summed E-state index contributed by atoms with van der Waals surface area (Å²) in [5, 5.41) is 1.40. The van der Waals surface area contributed by atoms with E-state index in [1.54, 1.807) is 0 Å². The van der Waals surface area contributed by atoms with Gasteiger partial charge in [-0.05, 0) is 49.4 Å². The van der Waals surface area contributed by atoms with Crippen molar-refractivity contribution in [1.82, 2.24) is 9.80 Å². The van der Waals surface area contributed by atoms with E-state index in [4.69, 9.17) is 0 Å². The molecule has 6 rings (SSSR count). The summed E-state index contributed by atoms with van der Waals surface area (Å²) < 4.78 is 1.42. The van der Waals surface area contributed by atoms with Crippen molar-refractivity contribution in [3.63, 3.8) is 0 Å². The summed E-state index contributed by atoms with van der Waals surface area (Å²) in [6.45, 7) is 3.61. The van der Waals surface area contributed by atoms with E-state index in [0.29, 0.717) is 0 Å². The van der Waals surface area contributed by atoms with Gasteiger partial charge in [0.1, 0.15) is 0 Å². The summed E-state index contributed by atoms with van der Waals surface area (Å²) in [6.07, 6.45) is 3.80. The molecule has 2 nitrogen and oxygen atoms in total. The van der Waals surface area contributed by atoms with Gasteiger partial charge in [0.2, 0.25) is 0 Å². The van der Waals surface area contributed by atoms with Gasteiger partial charge in [-0.25, -0.2) is 0 Å². The SMILES string of the molecule is CN(Cc1ccccc1)C1(CCc2cc3ccccc3s2)C2CCN1C2. The highest BCUT2D eigenvalue weighted by molar-refractivity contribution is 7.19. The Bertz CT molecular complexity index is 854.